The first-order valence-corrected chi connectivity index (χ1v) is 5.63. The molecule has 0 aromatic heterocycles. The maximum Gasteiger partial charge on any atom is 0.0681 e. The minimum atomic E-state index is -0.446. The van der Waals surface area contributed by atoms with Gasteiger partial charge in [0.05, 0.1) is 18.8 Å². The molecule has 0 aliphatic carbocycles. The summed E-state index contributed by atoms with van der Waals surface area (Å²) in [5, 5.41) is 13.9. The maximum atomic E-state index is 10.5. The quantitative estimate of drug-likeness (QED) is 0.694. The molecule has 0 amide bonds. The summed E-state index contributed by atoms with van der Waals surface area (Å²) < 4.78 is 5.46. The fourth-order valence-electron chi connectivity index (χ4n) is 2.95. The van der Waals surface area contributed by atoms with Crippen LogP contribution in [0.5, 0.6) is 0 Å². The van der Waals surface area contributed by atoms with Gasteiger partial charge in [0, 0.05) is 12.1 Å². The van der Waals surface area contributed by atoms with Crippen molar-refractivity contribution < 1.29 is 9.84 Å². The second kappa shape index (κ2) is 3.80. The third kappa shape index (κ3) is 2.27. The normalized spacial score (nSPS) is 42.9. The minimum absolute atomic E-state index is 0.367. The highest BCUT2D eigenvalue weighted by Gasteiger charge is 2.41. The number of piperidine rings is 1. The monoisotopic (exact) mass is 199 g/mol. The van der Waals surface area contributed by atoms with E-state index < -0.39 is 5.60 Å². The Kier molecular flexibility index (Phi) is 2.82. The van der Waals surface area contributed by atoms with Crippen LogP contribution in [0.15, 0.2) is 0 Å². The van der Waals surface area contributed by atoms with E-state index in [2.05, 4.69) is 19.2 Å². The van der Waals surface area contributed by atoms with Crippen molar-refractivity contribution in [2.45, 2.75) is 50.8 Å². The van der Waals surface area contributed by atoms with Crippen LogP contribution in [0.4, 0.5) is 0 Å². The van der Waals surface area contributed by atoms with Crippen LogP contribution in [0.25, 0.3) is 0 Å². The topological polar surface area (TPSA) is 41.5 Å². The smallest absolute Gasteiger partial charge is 0.0681 e. The molecule has 14 heavy (non-hydrogen) atoms. The van der Waals surface area contributed by atoms with E-state index in [1.165, 1.54) is 0 Å². The summed E-state index contributed by atoms with van der Waals surface area (Å²) in [6.07, 6.45) is 2.62. The number of aliphatic hydroxyl groups is 1. The zero-order chi connectivity index (χ0) is 10.2. The second-order valence-corrected chi connectivity index (χ2v) is 5.33. The number of fused-ring (bicyclic) bond motifs is 2. The van der Waals surface area contributed by atoms with E-state index in [0.717, 1.165) is 32.5 Å². The van der Waals surface area contributed by atoms with Gasteiger partial charge in [-0.25, -0.2) is 0 Å². The Bertz CT molecular complexity index is 193. The fraction of sp³-hybridized carbons (Fsp3) is 1.00. The summed E-state index contributed by atoms with van der Waals surface area (Å²) >= 11 is 0. The maximum absolute atomic E-state index is 10.5. The molecule has 2 fully saturated rings. The van der Waals surface area contributed by atoms with E-state index in [1.54, 1.807) is 0 Å². The lowest BCUT2D eigenvalue weighted by atomic mass is 9.78. The molecule has 2 atom stereocenters. The predicted octanol–water partition coefficient (Wildman–Crippen LogP) is 0.914. The molecular weight excluding hydrogens is 178 g/mol. The van der Waals surface area contributed by atoms with Crippen molar-refractivity contribution in [3.05, 3.63) is 0 Å². The Morgan fingerprint density at radius 2 is 1.93 bits per heavy atom. The highest BCUT2D eigenvalue weighted by molar-refractivity contribution is 4.97. The molecule has 3 nitrogen and oxygen atoms in total. The summed E-state index contributed by atoms with van der Waals surface area (Å²) in [6.45, 7) is 5.87. The van der Waals surface area contributed by atoms with Crippen molar-refractivity contribution in [2.75, 3.05) is 13.2 Å². The lowest BCUT2D eigenvalue weighted by molar-refractivity contribution is -0.0849. The van der Waals surface area contributed by atoms with E-state index in [9.17, 15) is 5.11 Å². The largest absolute Gasteiger partial charge is 0.390 e. The average Bonchev–Trinajstić information content (AvgIpc) is 1.99. The molecule has 2 N–H and O–H groups in total. The molecule has 0 spiro atoms. The zero-order valence-electron chi connectivity index (χ0n) is 9.12. The van der Waals surface area contributed by atoms with E-state index >= 15 is 0 Å². The third-order valence-electron chi connectivity index (χ3n) is 3.15. The van der Waals surface area contributed by atoms with Crippen LogP contribution in [-0.2, 0) is 4.74 Å². The van der Waals surface area contributed by atoms with Crippen LogP contribution in [0.1, 0.15) is 33.1 Å². The van der Waals surface area contributed by atoms with Gasteiger partial charge in [0.1, 0.15) is 0 Å². The first-order chi connectivity index (χ1) is 6.57. The van der Waals surface area contributed by atoms with Gasteiger partial charge in [-0.1, -0.05) is 13.8 Å². The van der Waals surface area contributed by atoms with Gasteiger partial charge in [-0.05, 0) is 25.2 Å². The van der Waals surface area contributed by atoms with E-state index in [1.807, 2.05) is 0 Å². The van der Waals surface area contributed by atoms with Crippen molar-refractivity contribution in [2.24, 2.45) is 5.92 Å². The number of rotatable bonds is 2. The Morgan fingerprint density at radius 1 is 1.36 bits per heavy atom. The zero-order valence-corrected chi connectivity index (χ0v) is 9.12. The summed E-state index contributed by atoms with van der Waals surface area (Å²) in [7, 11) is 0. The van der Waals surface area contributed by atoms with Gasteiger partial charge < -0.3 is 15.2 Å². The number of hydrogen-bond acceptors (Lipinski definition) is 3. The number of hydrogen-bond donors (Lipinski definition) is 2. The standard InChI is InChI=1S/C11H21NO2/c1-8(2)3-11(13)4-9-6-14-7-10(5-11)12-9/h8-10,12-13H,3-7H2,1-2H3. The summed E-state index contributed by atoms with van der Waals surface area (Å²) in [5.74, 6) is 0.569. The summed E-state index contributed by atoms with van der Waals surface area (Å²) in [4.78, 5) is 0. The van der Waals surface area contributed by atoms with Crippen LogP contribution in [0, 0.1) is 5.92 Å². The fourth-order valence-corrected chi connectivity index (χ4v) is 2.95. The Hall–Kier alpha value is -0.120. The summed E-state index contributed by atoms with van der Waals surface area (Å²) in [5.41, 5.74) is -0.446. The van der Waals surface area contributed by atoms with Gasteiger partial charge in [-0.15, -0.1) is 0 Å². The Morgan fingerprint density at radius 3 is 2.43 bits per heavy atom. The van der Waals surface area contributed by atoms with Crippen LogP contribution in [0.3, 0.4) is 0 Å². The highest BCUT2D eigenvalue weighted by atomic mass is 16.5. The molecular formula is C11H21NO2. The van der Waals surface area contributed by atoms with E-state index in [-0.39, 0.29) is 0 Å². The van der Waals surface area contributed by atoms with Crippen LogP contribution in [-0.4, -0.2) is 36.0 Å². The first-order valence-electron chi connectivity index (χ1n) is 5.63. The van der Waals surface area contributed by atoms with Gasteiger partial charge in [-0.2, -0.15) is 0 Å². The molecule has 2 heterocycles. The second-order valence-electron chi connectivity index (χ2n) is 5.33. The van der Waals surface area contributed by atoms with Crippen molar-refractivity contribution in [1.82, 2.24) is 5.32 Å². The molecule has 0 aromatic carbocycles. The van der Waals surface area contributed by atoms with E-state index in [4.69, 9.17) is 4.74 Å². The number of morpholine rings is 1. The van der Waals surface area contributed by atoms with Gasteiger partial charge in [0.2, 0.25) is 0 Å². The van der Waals surface area contributed by atoms with Gasteiger partial charge in [-0.3, -0.25) is 0 Å². The molecule has 2 saturated heterocycles. The molecule has 2 aliphatic heterocycles. The molecule has 2 rings (SSSR count). The molecule has 2 aliphatic rings. The van der Waals surface area contributed by atoms with Crippen molar-refractivity contribution in [1.29, 1.82) is 0 Å². The molecule has 0 radical (unpaired) electrons. The van der Waals surface area contributed by atoms with Crippen molar-refractivity contribution in [3.8, 4) is 0 Å². The lowest BCUT2D eigenvalue weighted by Gasteiger charge is -2.45. The minimum Gasteiger partial charge on any atom is -0.390 e. The van der Waals surface area contributed by atoms with Gasteiger partial charge >= 0.3 is 0 Å². The Labute approximate surface area is 85.8 Å². The molecule has 3 heteroatoms. The highest BCUT2D eigenvalue weighted by Crippen LogP contribution is 2.32. The van der Waals surface area contributed by atoms with Crippen molar-refractivity contribution in [3.63, 3.8) is 0 Å². The number of ether oxygens (including phenoxy) is 1. The average molecular weight is 199 g/mol. The molecule has 82 valence electrons. The molecule has 0 saturated carbocycles. The van der Waals surface area contributed by atoms with Crippen LogP contribution < -0.4 is 5.32 Å². The molecule has 2 unspecified atom stereocenters. The Balaban J connectivity index is 1.99. The summed E-state index contributed by atoms with van der Waals surface area (Å²) in [6, 6.07) is 0.734. The molecule has 2 bridgehead atoms. The van der Waals surface area contributed by atoms with E-state index in [0.29, 0.717) is 18.0 Å². The first kappa shape index (κ1) is 10.4. The van der Waals surface area contributed by atoms with Crippen LogP contribution >= 0.6 is 0 Å². The van der Waals surface area contributed by atoms with Gasteiger partial charge in [0.25, 0.3) is 0 Å². The third-order valence-corrected chi connectivity index (χ3v) is 3.15. The van der Waals surface area contributed by atoms with Gasteiger partial charge in [0.15, 0.2) is 0 Å². The molecule has 0 aromatic rings. The number of nitrogens with one attached hydrogen (secondary N) is 1. The lowest BCUT2D eigenvalue weighted by Crippen LogP contribution is -2.60. The van der Waals surface area contributed by atoms with Crippen molar-refractivity contribution >= 4 is 0 Å². The van der Waals surface area contributed by atoms with Crippen LogP contribution in [0.2, 0.25) is 0 Å². The SMILES string of the molecule is CC(C)CC1(O)CC2COCC(C1)N2. The predicted molar refractivity (Wildman–Crippen MR) is 55.2 cm³/mol.